The molecule has 1 N–H and O–H groups in total. The van der Waals surface area contributed by atoms with E-state index in [1.807, 2.05) is 36.4 Å². The van der Waals surface area contributed by atoms with E-state index in [9.17, 15) is 19.1 Å². The molecule has 0 saturated heterocycles. The van der Waals surface area contributed by atoms with Crippen LogP contribution < -0.4 is 10.2 Å². The van der Waals surface area contributed by atoms with E-state index in [-0.39, 0.29) is 23.0 Å². The summed E-state index contributed by atoms with van der Waals surface area (Å²) in [7, 11) is 0. The third-order valence-corrected chi connectivity index (χ3v) is 6.27. The van der Waals surface area contributed by atoms with Gasteiger partial charge in [-0.1, -0.05) is 63.3 Å². The van der Waals surface area contributed by atoms with E-state index in [0.717, 1.165) is 28.5 Å². The van der Waals surface area contributed by atoms with Crippen LogP contribution in [0.3, 0.4) is 0 Å². The Balaban J connectivity index is 1.53. The van der Waals surface area contributed by atoms with Crippen LogP contribution in [0.15, 0.2) is 65.6 Å². The zero-order chi connectivity index (χ0) is 24.8. The maximum Gasteiger partial charge on any atom is 0.341 e. The van der Waals surface area contributed by atoms with E-state index in [1.165, 1.54) is 61.1 Å². The Kier molecular flexibility index (Phi) is 7.80. The first-order valence-corrected chi connectivity index (χ1v) is 12.2. The average molecular weight is 476 g/mol. The molecule has 0 unspecified atom stereocenters. The first-order valence-electron chi connectivity index (χ1n) is 12.2. The quantitative estimate of drug-likeness (QED) is 0.243. The highest BCUT2D eigenvalue weighted by Crippen LogP contribution is 2.24. The molecule has 0 radical (unpaired) electrons. The monoisotopic (exact) mass is 475 g/mol. The van der Waals surface area contributed by atoms with E-state index in [4.69, 9.17) is 4.74 Å². The molecule has 0 spiro atoms. The number of hydrogen-bond acceptors (Lipinski definition) is 3. The molecule has 0 amide bonds. The van der Waals surface area contributed by atoms with E-state index in [2.05, 4.69) is 6.92 Å². The van der Waals surface area contributed by atoms with Crippen molar-refractivity contribution in [2.45, 2.75) is 52.0 Å². The van der Waals surface area contributed by atoms with Gasteiger partial charge in [-0.05, 0) is 53.1 Å². The first kappa shape index (κ1) is 24.5. The highest BCUT2D eigenvalue weighted by Gasteiger charge is 2.17. The van der Waals surface area contributed by atoms with Crippen LogP contribution in [-0.4, -0.2) is 22.2 Å². The number of para-hydroxylation sites is 1. The number of carboxylic acids is 1. The van der Waals surface area contributed by atoms with Crippen LogP contribution in [0.25, 0.3) is 21.7 Å². The van der Waals surface area contributed by atoms with Crippen molar-refractivity contribution in [1.29, 1.82) is 0 Å². The smallest absolute Gasteiger partial charge is 0.341 e. The summed E-state index contributed by atoms with van der Waals surface area (Å²) >= 11 is 0. The molecule has 0 saturated carbocycles. The fourth-order valence-electron chi connectivity index (χ4n) is 4.42. The largest absolute Gasteiger partial charge is 0.494 e. The summed E-state index contributed by atoms with van der Waals surface area (Å²) in [6, 6.07) is 16.0. The predicted molar refractivity (Wildman–Crippen MR) is 137 cm³/mol. The van der Waals surface area contributed by atoms with Crippen molar-refractivity contribution in [2.75, 3.05) is 6.61 Å². The molecule has 0 atom stereocenters. The minimum Gasteiger partial charge on any atom is -0.494 e. The summed E-state index contributed by atoms with van der Waals surface area (Å²) in [6.07, 6.45) is 8.52. The molecule has 0 aliphatic rings. The average Bonchev–Trinajstić information content (AvgIpc) is 2.85. The normalized spacial score (nSPS) is 11.3. The van der Waals surface area contributed by atoms with Crippen molar-refractivity contribution in [1.82, 2.24) is 4.57 Å². The van der Waals surface area contributed by atoms with Gasteiger partial charge in [-0.25, -0.2) is 9.18 Å². The summed E-state index contributed by atoms with van der Waals surface area (Å²) in [5.41, 5.74) is -0.102. The van der Waals surface area contributed by atoms with E-state index >= 15 is 0 Å². The Morgan fingerprint density at radius 1 is 0.971 bits per heavy atom. The summed E-state index contributed by atoms with van der Waals surface area (Å²) < 4.78 is 22.1. The number of aromatic carboxylic acids is 1. The van der Waals surface area contributed by atoms with Gasteiger partial charge in [0.1, 0.15) is 17.1 Å². The van der Waals surface area contributed by atoms with Gasteiger partial charge in [0.05, 0.1) is 12.1 Å². The number of halogens is 1. The molecule has 4 rings (SSSR count). The van der Waals surface area contributed by atoms with Crippen molar-refractivity contribution in [2.24, 2.45) is 0 Å². The highest BCUT2D eigenvalue weighted by molar-refractivity contribution is 5.92. The molecule has 35 heavy (non-hydrogen) atoms. The van der Waals surface area contributed by atoms with Crippen LogP contribution in [0.4, 0.5) is 4.39 Å². The molecule has 3 aromatic carbocycles. The lowest BCUT2D eigenvalue weighted by molar-refractivity contribution is 0.0695. The minimum absolute atomic E-state index is 0.0536. The van der Waals surface area contributed by atoms with Crippen molar-refractivity contribution in [3.05, 3.63) is 88.0 Å². The number of fused-ring (bicyclic) bond motifs is 2. The second-order valence-electron chi connectivity index (χ2n) is 8.90. The lowest BCUT2D eigenvalue weighted by Crippen LogP contribution is -2.20. The van der Waals surface area contributed by atoms with Crippen molar-refractivity contribution in [3.8, 4) is 5.75 Å². The van der Waals surface area contributed by atoms with Gasteiger partial charge in [0.25, 0.3) is 0 Å². The number of carbonyl (C=O) groups is 1. The topological polar surface area (TPSA) is 68.5 Å². The number of nitrogens with zero attached hydrogens (tertiary/aromatic N) is 1. The van der Waals surface area contributed by atoms with Crippen molar-refractivity contribution in [3.63, 3.8) is 0 Å². The predicted octanol–water partition coefficient (Wildman–Crippen LogP) is 6.78. The Labute approximate surface area is 203 Å². The summed E-state index contributed by atoms with van der Waals surface area (Å²) in [5.74, 6) is -1.07. The molecule has 0 aliphatic heterocycles. The Morgan fingerprint density at radius 2 is 1.71 bits per heavy atom. The molecule has 6 heteroatoms. The van der Waals surface area contributed by atoms with E-state index in [1.54, 1.807) is 0 Å². The lowest BCUT2D eigenvalue weighted by atomic mass is 10.1. The van der Waals surface area contributed by atoms with Crippen LogP contribution in [0, 0.1) is 5.82 Å². The van der Waals surface area contributed by atoms with E-state index in [0.29, 0.717) is 6.61 Å². The van der Waals surface area contributed by atoms with Crippen molar-refractivity contribution < 1.29 is 19.0 Å². The SMILES string of the molecule is CCCCCCCCOc1ccc2cc(Cn3cc(C(=O)O)c(=O)c4cccc(F)c43)ccc2c1. The maximum atomic E-state index is 14.6. The van der Waals surface area contributed by atoms with E-state index < -0.39 is 17.2 Å². The summed E-state index contributed by atoms with van der Waals surface area (Å²) in [6.45, 7) is 3.14. The standard InChI is InChI=1S/C29H30FNO4/c1-2-3-4-5-6-7-15-35-23-14-13-21-16-20(11-12-22(21)17-23)18-31-19-25(29(33)34)28(32)24-9-8-10-26(30)27(24)31/h8-14,16-17,19H,2-7,15,18H2,1H3,(H,33,34). The Bertz CT molecular complexity index is 1410. The maximum absolute atomic E-state index is 14.6. The number of unbranched alkanes of at least 4 members (excludes halogenated alkanes) is 5. The third kappa shape index (κ3) is 5.70. The van der Waals surface area contributed by atoms with Crippen LogP contribution in [0.2, 0.25) is 0 Å². The summed E-state index contributed by atoms with van der Waals surface area (Å²) in [4.78, 5) is 24.1. The molecule has 0 aliphatic carbocycles. The second kappa shape index (κ2) is 11.2. The zero-order valence-electron chi connectivity index (χ0n) is 19.9. The zero-order valence-corrected chi connectivity index (χ0v) is 19.9. The minimum atomic E-state index is -1.33. The van der Waals surface area contributed by atoms with Crippen LogP contribution in [-0.2, 0) is 6.54 Å². The molecular weight excluding hydrogens is 445 g/mol. The van der Waals surface area contributed by atoms with Gasteiger partial charge in [-0.15, -0.1) is 0 Å². The van der Waals surface area contributed by atoms with Gasteiger partial charge in [0.15, 0.2) is 0 Å². The molecule has 0 fully saturated rings. The molecule has 4 aromatic rings. The van der Waals surface area contributed by atoms with Crippen LogP contribution in [0.5, 0.6) is 5.75 Å². The molecule has 5 nitrogen and oxygen atoms in total. The number of ether oxygens (including phenoxy) is 1. The summed E-state index contributed by atoms with van der Waals surface area (Å²) in [5, 5.41) is 11.5. The number of pyridine rings is 1. The van der Waals surface area contributed by atoms with Gasteiger partial charge >= 0.3 is 5.97 Å². The Hall–Kier alpha value is -3.67. The van der Waals surface area contributed by atoms with Crippen LogP contribution >= 0.6 is 0 Å². The molecule has 0 bridgehead atoms. The van der Waals surface area contributed by atoms with Crippen molar-refractivity contribution >= 4 is 27.6 Å². The highest BCUT2D eigenvalue weighted by atomic mass is 19.1. The van der Waals surface area contributed by atoms with Gasteiger partial charge in [0, 0.05) is 18.1 Å². The molecule has 182 valence electrons. The molecule has 1 heterocycles. The Morgan fingerprint density at radius 3 is 2.51 bits per heavy atom. The lowest BCUT2D eigenvalue weighted by Gasteiger charge is -2.14. The molecule has 1 aromatic heterocycles. The fourth-order valence-corrected chi connectivity index (χ4v) is 4.42. The third-order valence-electron chi connectivity index (χ3n) is 6.27. The number of hydrogen-bond donors (Lipinski definition) is 1. The van der Waals surface area contributed by atoms with Gasteiger partial charge in [0.2, 0.25) is 5.43 Å². The van der Waals surface area contributed by atoms with Gasteiger partial charge < -0.3 is 14.4 Å². The number of aromatic nitrogens is 1. The first-order chi connectivity index (χ1) is 17.0. The van der Waals surface area contributed by atoms with Gasteiger partial charge in [-0.2, -0.15) is 0 Å². The molecular formula is C29H30FNO4. The number of rotatable bonds is 11. The van der Waals surface area contributed by atoms with Gasteiger partial charge in [-0.3, -0.25) is 4.79 Å². The number of carboxylic acid groups (broad SMARTS) is 1. The number of benzene rings is 3. The fraction of sp³-hybridized carbons (Fsp3) is 0.310. The second-order valence-corrected chi connectivity index (χ2v) is 8.90. The van der Waals surface area contributed by atoms with Crippen LogP contribution in [0.1, 0.15) is 61.4 Å².